The molecule has 2 N–H and O–H groups in total. The summed E-state index contributed by atoms with van der Waals surface area (Å²) in [4.78, 5) is 26.1. The Morgan fingerprint density at radius 3 is 2.26 bits per heavy atom. The minimum absolute atomic E-state index is 0.0633. The Bertz CT molecular complexity index is 1430. The summed E-state index contributed by atoms with van der Waals surface area (Å²) in [6, 6.07) is 9.58. The van der Waals surface area contributed by atoms with E-state index in [1.54, 1.807) is 17.0 Å². The molecule has 1 aliphatic carbocycles. The lowest BCUT2D eigenvalue weighted by Gasteiger charge is -2.44. The lowest BCUT2D eigenvalue weighted by molar-refractivity contribution is -0.384. The first-order chi connectivity index (χ1) is 18.0. The number of anilines is 1. The first-order valence-corrected chi connectivity index (χ1v) is 12.1. The van der Waals surface area contributed by atoms with E-state index < -0.39 is 16.3 Å². The average molecular weight is 539 g/mol. The average Bonchev–Trinajstić information content (AvgIpc) is 2.86. The van der Waals surface area contributed by atoms with Crippen LogP contribution in [0.25, 0.3) is 0 Å². The van der Waals surface area contributed by atoms with Crippen LogP contribution in [0.15, 0.2) is 53.0 Å². The lowest BCUT2D eigenvalue weighted by Crippen LogP contribution is -2.42. The molecule has 1 heterocycles. The van der Waals surface area contributed by atoms with E-state index >= 15 is 0 Å². The van der Waals surface area contributed by atoms with Gasteiger partial charge in [0, 0.05) is 29.8 Å². The third-order valence-electron chi connectivity index (χ3n) is 6.78. The first kappa shape index (κ1) is 26.8. The zero-order chi connectivity index (χ0) is 27.9. The van der Waals surface area contributed by atoms with Crippen molar-refractivity contribution in [1.82, 2.24) is 0 Å². The van der Waals surface area contributed by atoms with Crippen LogP contribution < -0.4 is 24.8 Å². The summed E-state index contributed by atoms with van der Waals surface area (Å²) in [5.74, 6) is 0.230. The van der Waals surface area contributed by atoms with Crippen molar-refractivity contribution in [2.24, 2.45) is 11.1 Å². The lowest BCUT2D eigenvalue weighted by atomic mass is 9.68. The van der Waals surface area contributed by atoms with Crippen LogP contribution in [0.4, 0.5) is 11.4 Å². The van der Waals surface area contributed by atoms with E-state index in [4.69, 9.17) is 31.5 Å². The van der Waals surface area contributed by atoms with Gasteiger partial charge in [0.05, 0.1) is 54.5 Å². The van der Waals surface area contributed by atoms with Crippen molar-refractivity contribution >= 4 is 28.8 Å². The predicted octanol–water partition coefficient (Wildman–Crippen LogP) is 5.21. The van der Waals surface area contributed by atoms with Crippen molar-refractivity contribution in [3.8, 4) is 23.3 Å². The number of nitro groups is 1. The van der Waals surface area contributed by atoms with Crippen LogP contribution in [0.2, 0.25) is 5.02 Å². The first-order valence-electron chi connectivity index (χ1n) is 11.7. The highest BCUT2D eigenvalue weighted by molar-refractivity contribution is 6.33. The third kappa shape index (κ3) is 4.39. The molecule has 1 atom stereocenters. The summed E-state index contributed by atoms with van der Waals surface area (Å²) in [5, 5.41) is 21.7. The molecule has 11 heteroatoms. The molecule has 0 amide bonds. The number of carbonyl (C=O) groups is 1. The standard InChI is InChI=1S/C27H27ClN4O6/c1-27(2)11-19-24(20(33)12-27)23(14-8-21(36-3)25(38-5)22(9-14)37-4)16(13-29)26(30)31(19)18-7-6-15(32(34)35)10-17(18)28/h6-10,23H,11-12,30H2,1-5H3/t23-/m0/s1. The highest BCUT2D eigenvalue weighted by Crippen LogP contribution is 2.52. The number of ketones is 1. The van der Waals surface area contributed by atoms with Gasteiger partial charge in [-0.1, -0.05) is 25.4 Å². The van der Waals surface area contributed by atoms with Crippen LogP contribution in [0.5, 0.6) is 17.2 Å². The molecular weight excluding hydrogens is 512 g/mol. The Morgan fingerprint density at radius 1 is 1.13 bits per heavy atom. The number of Topliss-reactive ketones (excluding diaryl/α,β-unsaturated/α-hetero) is 1. The second-order valence-electron chi connectivity index (χ2n) is 9.83. The van der Waals surface area contributed by atoms with Crippen molar-refractivity contribution in [3.63, 3.8) is 0 Å². The van der Waals surface area contributed by atoms with Crippen molar-refractivity contribution in [2.75, 3.05) is 26.2 Å². The van der Waals surface area contributed by atoms with E-state index in [9.17, 15) is 20.2 Å². The Morgan fingerprint density at radius 2 is 1.76 bits per heavy atom. The van der Waals surface area contributed by atoms with E-state index in [1.165, 1.54) is 39.5 Å². The normalized spacial score (nSPS) is 18.6. The number of nitrogens with zero attached hydrogens (tertiary/aromatic N) is 3. The Labute approximate surface area is 225 Å². The maximum Gasteiger partial charge on any atom is 0.271 e. The van der Waals surface area contributed by atoms with E-state index in [2.05, 4.69) is 6.07 Å². The molecule has 0 radical (unpaired) electrons. The number of carbonyl (C=O) groups excluding carboxylic acids is 1. The molecule has 10 nitrogen and oxygen atoms in total. The Kier molecular flexibility index (Phi) is 7.00. The molecular formula is C27H27ClN4O6. The number of benzene rings is 2. The van der Waals surface area contributed by atoms with Crippen molar-refractivity contribution in [2.45, 2.75) is 32.6 Å². The molecule has 0 unspecified atom stereocenters. The van der Waals surface area contributed by atoms with E-state index in [1.807, 2.05) is 13.8 Å². The molecule has 4 rings (SSSR count). The highest BCUT2D eigenvalue weighted by atomic mass is 35.5. The van der Waals surface area contributed by atoms with Gasteiger partial charge in [-0.2, -0.15) is 5.26 Å². The number of nitro benzene ring substituents is 1. The number of hydrogen-bond acceptors (Lipinski definition) is 9. The summed E-state index contributed by atoms with van der Waals surface area (Å²) in [5.41, 5.74) is 8.06. The van der Waals surface area contributed by atoms with Gasteiger partial charge in [-0.15, -0.1) is 0 Å². The molecule has 38 heavy (non-hydrogen) atoms. The van der Waals surface area contributed by atoms with Gasteiger partial charge < -0.3 is 19.9 Å². The largest absolute Gasteiger partial charge is 0.493 e. The molecule has 198 valence electrons. The molecule has 0 aromatic heterocycles. The summed E-state index contributed by atoms with van der Waals surface area (Å²) < 4.78 is 16.5. The summed E-state index contributed by atoms with van der Waals surface area (Å²) in [7, 11) is 4.45. The molecule has 2 aliphatic rings. The SMILES string of the molecule is COc1cc([C@H]2C(C#N)=C(N)N(c3ccc([N+](=O)[O-])cc3Cl)C3=C2C(=O)CC(C)(C)C3)cc(OC)c1OC. The maximum absolute atomic E-state index is 13.8. The van der Waals surface area contributed by atoms with Crippen LogP contribution >= 0.6 is 11.6 Å². The van der Waals surface area contributed by atoms with Gasteiger partial charge in [0.15, 0.2) is 17.3 Å². The highest BCUT2D eigenvalue weighted by Gasteiger charge is 2.45. The number of non-ortho nitro benzene ring substituents is 1. The number of nitriles is 1. The monoisotopic (exact) mass is 538 g/mol. The zero-order valence-electron chi connectivity index (χ0n) is 21.6. The molecule has 0 spiro atoms. The number of hydrogen-bond donors (Lipinski definition) is 1. The van der Waals surface area contributed by atoms with Crippen LogP contribution in [0, 0.1) is 26.9 Å². The number of allylic oxidation sites excluding steroid dienone is 3. The van der Waals surface area contributed by atoms with Crippen molar-refractivity contribution in [3.05, 3.63) is 73.7 Å². The minimum Gasteiger partial charge on any atom is -0.493 e. The van der Waals surface area contributed by atoms with E-state index in [0.717, 1.165) is 0 Å². The third-order valence-corrected chi connectivity index (χ3v) is 7.09. The van der Waals surface area contributed by atoms with Gasteiger partial charge >= 0.3 is 0 Å². The van der Waals surface area contributed by atoms with Crippen molar-refractivity contribution < 1.29 is 23.9 Å². The maximum atomic E-state index is 13.8. The molecule has 0 bridgehead atoms. The summed E-state index contributed by atoms with van der Waals surface area (Å²) >= 11 is 6.51. The van der Waals surface area contributed by atoms with Gasteiger partial charge in [-0.3, -0.25) is 19.8 Å². The zero-order valence-corrected chi connectivity index (χ0v) is 22.4. The predicted molar refractivity (Wildman–Crippen MR) is 141 cm³/mol. The fourth-order valence-electron chi connectivity index (χ4n) is 5.18. The molecule has 2 aromatic rings. The quantitative estimate of drug-likeness (QED) is 0.387. The molecule has 2 aromatic carbocycles. The van der Waals surface area contributed by atoms with Gasteiger partial charge in [-0.05, 0) is 35.6 Å². The second-order valence-corrected chi connectivity index (χ2v) is 10.2. The molecule has 0 saturated heterocycles. The van der Waals surface area contributed by atoms with Gasteiger partial charge in [0.2, 0.25) is 5.75 Å². The van der Waals surface area contributed by atoms with Gasteiger partial charge in [0.25, 0.3) is 5.69 Å². The van der Waals surface area contributed by atoms with Crippen LogP contribution in [0.1, 0.15) is 38.2 Å². The van der Waals surface area contributed by atoms with Crippen LogP contribution in [-0.4, -0.2) is 32.0 Å². The van der Waals surface area contributed by atoms with Crippen LogP contribution in [0.3, 0.4) is 0 Å². The smallest absolute Gasteiger partial charge is 0.271 e. The number of nitrogens with two attached hydrogens (primary N) is 1. The summed E-state index contributed by atoms with van der Waals surface area (Å²) in [6.45, 7) is 3.94. The Hall–Kier alpha value is -4.23. The number of ether oxygens (including phenoxy) is 3. The van der Waals surface area contributed by atoms with Gasteiger partial charge in [0.1, 0.15) is 5.82 Å². The topological polar surface area (TPSA) is 141 Å². The molecule has 0 fully saturated rings. The molecule has 0 saturated carbocycles. The van der Waals surface area contributed by atoms with E-state index in [0.29, 0.717) is 46.2 Å². The number of halogens is 1. The number of methoxy groups -OCH3 is 3. The summed E-state index contributed by atoms with van der Waals surface area (Å²) in [6.07, 6.45) is 0.703. The fourth-order valence-corrected chi connectivity index (χ4v) is 5.44. The van der Waals surface area contributed by atoms with Gasteiger partial charge in [-0.25, -0.2) is 0 Å². The second kappa shape index (κ2) is 9.91. The van der Waals surface area contributed by atoms with Crippen LogP contribution in [-0.2, 0) is 4.79 Å². The van der Waals surface area contributed by atoms with Crippen molar-refractivity contribution in [1.29, 1.82) is 5.26 Å². The number of rotatable bonds is 6. The molecule has 1 aliphatic heterocycles. The fraction of sp³-hybridized carbons (Fsp3) is 0.333. The Balaban J connectivity index is 2.03. The minimum atomic E-state index is -0.805. The van der Waals surface area contributed by atoms with E-state index in [-0.39, 0.29) is 34.3 Å².